The van der Waals surface area contributed by atoms with Crippen LogP contribution in [0.1, 0.15) is 35.0 Å². The lowest BCUT2D eigenvalue weighted by Crippen LogP contribution is -2.43. The van der Waals surface area contributed by atoms with Crippen LogP contribution in [0.15, 0.2) is 36.4 Å². The number of methoxy groups -OCH3 is 2. The predicted molar refractivity (Wildman–Crippen MR) is 108 cm³/mol. The largest absolute Gasteiger partial charge is 0.495 e. The number of ether oxygens (including phenoxy) is 3. The first-order valence-corrected chi connectivity index (χ1v) is 9.66. The Balaban J connectivity index is 1.61. The van der Waals surface area contributed by atoms with Gasteiger partial charge in [0, 0.05) is 18.1 Å². The molecule has 4 rings (SSSR count). The zero-order valence-corrected chi connectivity index (χ0v) is 17.1. The smallest absolute Gasteiger partial charge is 0.340 e. The molecular weight excluding hydrogens is 412 g/mol. The summed E-state index contributed by atoms with van der Waals surface area (Å²) >= 11 is 6.18. The van der Waals surface area contributed by atoms with Crippen LogP contribution < -0.4 is 14.8 Å². The molecule has 156 valence electrons. The van der Waals surface area contributed by atoms with E-state index in [1.54, 1.807) is 30.3 Å². The van der Waals surface area contributed by atoms with E-state index in [2.05, 4.69) is 5.32 Å². The van der Waals surface area contributed by atoms with Gasteiger partial charge in [-0.2, -0.15) is 0 Å². The standard InChI is InChI=1S/C21H19ClN2O6/c1-28-16-10-17(29-2)14(9-13(16)22)23-19(26)15-7-8-18(25)24(15)20-11-5-3-4-6-12(11)21(27)30-20/h3-6,9-10,15,20H,7-8H2,1-2H3,(H,23,26)/t15-,20+/m0/s1. The van der Waals surface area contributed by atoms with Gasteiger partial charge in [-0.1, -0.05) is 29.8 Å². The third-order valence-corrected chi connectivity index (χ3v) is 5.50. The van der Waals surface area contributed by atoms with Crippen molar-refractivity contribution in [2.75, 3.05) is 19.5 Å². The van der Waals surface area contributed by atoms with Crippen LogP contribution in [0.5, 0.6) is 11.5 Å². The molecule has 9 heteroatoms. The van der Waals surface area contributed by atoms with Gasteiger partial charge in [-0.05, 0) is 18.6 Å². The molecule has 0 aliphatic carbocycles. The number of nitrogens with one attached hydrogen (secondary N) is 1. The summed E-state index contributed by atoms with van der Waals surface area (Å²) in [7, 11) is 2.93. The average Bonchev–Trinajstić information content (AvgIpc) is 3.28. The Morgan fingerprint density at radius 2 is 1.90 bits per heavy atom. The van der Waals surface area contributed by atoms with Gasteiger partial charge in [0.2, 0.25) is 18.0 Å². The summed E-state index contributed by atoms with van der Waals surface area (Å²) < 4.78 is 15.9. The Morgan fingerprint density at radius 3 is 2.63 bits per heavy atom. The highest BCUT2D eigenvalue weighted by molar-refractivity contribution is 6.32. The number of carbonyl (C=O) groups is 3. The molecular formula is C21H19ClN2O6. The summed E-state index contributed by atoms with van der Waals surface area (Å²) in [4.78, 5) is 39.2. The van der Waals surface area contributed by atoms with Gasteiger partial charge in [0.1, 0.15) is 17.5 Å². The fourth-order valence-electron chi connectivity index (χ4n) is 3.76. The van der Waals surface area contributed by atoms with Gasteiger partial charge in [0.05, 0.1) is 30.5 Å². The van der Waals surface area contributed by atoms with E-state index in [9.17, 15) is 14.4 Å². The van der Waals surface area contributed by atoms with E-state index < -0.39 is 24.1 Å². The number of nitrogens with zero attached hydrogens (tertiary/aromatic N) is 1. The quantitative estimate of drug-likeness (QED) is 0.732. The molecule has 2 atom stereocenters. The third-order valence-electron chi connectivity index (χ3n) is 5.21. The van der Waals surface area contributed by atoms with E-state index in [1.807, 2.05) is 0 Å². The van der Waals surface area contributed by atoms with Crippen molar-refractivity contribution in [2.45, 2.75) is 25.1 Å². The van der Waals surface area contributed by atoms with Crippen LogP contribution in [-0.2, 0) is 14.3 Å². The van der Waals surface area contributed by atoms with Crippen LogP contribution in [0.3, 0.4) is 0 Å². The zero-order valence-electron chi connectivity index (χ0n) is 16.3. The molecule has 0 spiro atoms. The number of cyclic esters (lactones) is 1. The Bertz CT molecular complexity index is 1040. The van der Waals surface area contributed by atoms with E-state index in [4.69, 9.17) is 25.8 Å². The number of likely N-dealkylation sites (tertiary alicyclic amines) is 1. The molecule has 2 aromatic carbocycles. The van der Waals surface area contributed by atoms with Gasteiger partial charge in [-0.25, -0.2) is 4.79 Å². The van der Waals surface area contributed by atoms with E-state index >= 15 is 0 Å². The second-order valence-corrected chi connectivity index (χ2v) is 7.28. The van der Waals surface area contributed by atoms with Crippen LogP contribution in [0.4, 0.5) is 5.69 Å². The number of carbonyl (C=O) groups excluding carboxylic acids is 3. The minimum atomic E-state index is -0.930. The molecule has 2 aliphatic rings. The summed E-state index contributed by atoms with van der Waals surface area (Å²) in [5, 5.41) is 3.06. The van der Waals surface area contributed by atoms with Crippen molar-refractivity contribution in [1.29, 1.82) is 0 Å². The van der Waals surface area contributed by atoms with Gasteiger partial charge in [-0.3, -0.25) is 14.5 Å². The third kappa shape index (κ3) is 3.33. The van der Waals surface area contributed by atoms with Crippen LogP contribution in [0.2, 0.25) is 5.02 Å². The molecule has 0 unspecified atom stereocenters. The lowest BCUT2D eigenvalue weighted by atomic mass is 10.1. The molecule has 1 fully saturated rings. The van der Waals surface area contributed by atoms with Crippen molar-refractivity contribution in [2.24, 2.45) is 0 Å². The van der Waals surface area contributed by atoms with Crippen LogP contribution in [0.25, 0.3) is 0 Å². The Morgan fingerprint density at radius 1 is 1.17 bits per heavy atom. The normalized spacial score (nSPS) is 20.0. The Hall–Kier alpha value is -3.26. The van der Waals surface area contributed by atoms with Crippen molar-refractivity contribution in [3.05, 3.63) is 52.5 Å². The number of esters is 1. The van der Waals surface area contributed by atoms with E-state index in [1.165, 1.54) is 25.2 Å². The van der Waals surface area contributed by atoms with E-state index in [-0.39, 0.29) is 12.3 Å². The van der Waals surface area contributed by atoms with E-state index in [0.717, 1.165) is 0 Å². The number of rotatable bonds is 5. The molecule has 1 saturated heterocycles. The van der Waals surface area contributed by atoms with Crippen molar-refractivity contribution in [1.82, 2.24) is 4.90 Å². The van der Waals surface area contributed by atoms with Crippen molar-refractivity contribution >= 4 is 35.1 Å². The lowest BCUT2D eigenvalue weighted by Gasteiger charge is -2.29. The first-order chi connectivity index (χ1) is 14.4. The summed E-state index contributed by atoms with van der Waals surface area (Å²) in [5.74, 6) is -0.444. The second kappa shape index (κ2) is 7.87. The minimum absolute atomic E-state index is 0.175. The van der Waals surface area contributed by atoms with Gasteiger partial charge in [-0.15, -0.1) is 0 Å². The van der Waals surface area contributed by atoms with Gasteiger partial charge < -0.3 is 19.5 Å². The fraction of sp³-hybridized carbons (Fsp3) is 0.286. The molecule has 2 aliphatic heterocycles. The first-order valence-electron chi connectivity index (χ1n) is 9.28. The molecule has 1 N–H and O–H groups in total. The lowest BCUT2D eigenvalue weighted by molar-refractivity contribution is -0.144. The average molecular weight is 431 g/mol. The number of hydrogen-bond acceptors (Lipinski definition) is 6. The minimum Gasteiger partial charge on any atom is -0.495 e. The van der Waals surface area contributed by atoms with Gasteiger partial charge in [0.25, 0.3) is 0 Å². The maximum atomic E-state index is 13.1. The van der Waals surface area contributed by atoms with E-state index in [0.29, 0.717) is 39.8 Å². The summed E-state index contributed by atoms with van der Waals surface area (Å²) in [5.41, 5.74) is 1.31. The van der Waals surface area contributed by atoms with Gasteiger partial charge in [0.15, 0.2) is 0 Å². The number of fused-ring (bicyclic) bond motifs is 1. The highest BCUT2D eigenvalue weighted by Gasteiger charge is 2.46. The predicted octanol–water partition coefficient (Wildman–Crippen LogP) is 3.16. The molecule has 0 radical (unpaired) electrons. The molecule has 30 heavy (non-hydrogen) atoms. The zero-order chi connectivity index (χ0) is 21.4. The number of halogens is 1. The van der Waals surface area contributed by atoms with Gasteiger partial charge >= 0.3 is 5.97 Å². The number of anilines is 1. The molecule has 0 saturated carbocycles. The van der Waals surface area contributed by atoms with Crippen LogP contribution in [0, 0.1) is 0 Å². The Labute approximate surface area is 177 Å². The SMILES string of the molecule is COc1cc(OC)c(NC(=O)[C@@H]2CCC(=O)N2[C@@H]2OC(=O)c3ccccc32)cc1Cl. The maximum Gasteiger partial charge on any atom is 0.340 e. The number of benzene rings is 2. The molecule has 0 aromatic heterocycles. The first kappa shape index (κ1) is 20.0. The number of amides is 2. The fourth-order valence-corrected chi connectivity index (χ4v) is 4.00. The molecule has 2 aromatic rings. The maximum absolute atomic E-state index is 13.1. The monoisotopic (exact) mass is 430 g/mol. The second-order valence-electron chi connectivity index (χ2n) is 6.88. The van der Waals surface area contributed by atoms with Crippen LogP contribution >= 0.6 is 11.6 Å². The highest BCUT2D eigenvalue weighted by Crippen LogP contribution is 2.40. The van der Waals surface area contributed by atoms with Crippen molar-refractivity contribution in [3.8, 4) is 11.5 Å². The molecule has 8 nitrogen and oxygen atoms in total. The topological polar surface area (TPSA) is 94.2 Å². The summed E-state index contributed by atoms with van der Waals surface area (Å²) in [6.07, 6.45) is -0.456. The molecule has 2 heterocycles. The number of hydrogen-bond donors (Lipinski definition) is 1. The summed E-state index contributed by atoms with van der Waals surface area (Å²) in [6, 6.07) is 9.10. The van der Waals surface area contributed by atoms with Crippen molar-refractivity contribution in [3.63, 3.8) is 0 Å². The van der Waals surface area contributed by atoms with Crippen molar-refractivity contribution < 1.29 is 28.6 Å². The molecule has 0 bridgehead atoms. The Kier molecular flexibility index (Phi) is 5.26. The summed E-state index contributed by atoms with van der Waals surface area (Å²) in [6.45, 7) is 0. The molecule has 2 amide bonds. The van der Waals surface area contributed by atoms with Crippen LogP contribution in [-0.4, -0.2) is 42.9 Å². The highest BCUT2D eigenvalue weighted by atomic mass is 35.5.